The minimum absolute atomic E-state index is 0.291. The Hall–Kier alpha value is -1.20. The summed E-state index contributed by atoms with van der Waals surface area (Å²) >= 11 is 2.34. The van der Waals surface area contributed by atoms with Crippen LogP contribution in [-0.4, -0.2) is 22.8 Å². The van der Waals surface area contributed by atoms with Gasteiger partial charge in [-0.2, -0.15) is 0 Å². The number of hydrogen-bond acceptors (Lipinski definition) is 2. The predicted molar refractivity (Wildman–Crippen MR) is 90.0 cm³/mol. The maximum absolute atomic E-state index is 4.84. The van der Waals surface area contributed by atoms with Gasteiger partial charge in [0.15, 0.2) is 0 Å². The van der Waals surface area contributed by atoms with Crippen LogP contribution in [0.5, 0.6) is 0 Å². The monoisotopic (exact) mass is 374 g/mol. The molecule has 2 nitrogen and oxygen atoms in total. The van der Waals surface area contributed by atoms with E-state index in [1.54, 1.807) is 0 Å². The molecule has 0 aliphatic carbocycles. The summed E-state index contributed by atoms with van der Waals surface area (Å²) in [7, 11) is 0. The van der Waals surface area contributed by atoms with Crippen LogP contribution < -0.4 is 0 Å². The van der Waals surface area contributed by atoms with Crippen LogP contribution in [0.4, 0.5) is 0 Å². The van der Waals surface area contributed by atoms with Crippen LogP contribution in [0.1, 0.15) is 24.1 Å². The van der Waals surface area contributed by atoms with E-state index in [1.807, 2.05) is 0 Å². The summed E-state index contributed by atoms with van der Waals surface area (Å²) in [5.74, 6) is 0. The van der Waals surface area contributed by atoms with E-state index in [-0.39, 0.29) is 0 Å². The molecule has 2 heterocycles. The van der Waals surface area contributed by atoms with Gasteiger partial charge in [-0.25, -0.2) is 0 Å². The van der Waals surface area contributed by atoms with Crippen LogP contribution >= 0.6 is 22.6 Å². The van der Waals surface area contributed by atoms with Gasteiger partial charge in [-0.1, -0.05) is 42.5 Å². The zero-order valence-electron chi connectivity index (χ0n) is 11.2. The highest BCUT2D eigenvalue weighted by Crippen LogP contribution is 2.50. The number of rotatable bonds is 2. The maximum Gasteiger partial charge on any atom is 0.101 e. The van der Waals surface area contributed by atoms with Crippen molar-refractivity contribution in [3.05, 3.63) is 69.3 Å². The molecule has 2 aliphatic rings. The molecule has 100 valence electrons. The molecule has 4 atom stereocenters. The Morgan fingerprint density at radius 3 is 2.35 bits per heavy atom. The number of halogens is 1. The molecule has 0 bridgehead atoms. The fourth-order valence-electron chi connectivity index (χ4n) is 3.22. The lowest BCUT2D eigenvalue weighted by molar-refractivity contribution is 0.419. The standard InChI is InChI=1S/C17H15IN2/c1-11-19-15(12-7-9-14(18)10-8-12)17-16(20(11)17)13-5-3-2-4-6-13/h2-11,16-17H,1H3/t11-,16+,17+,20?/m0/s1. The molecule has 0 radical (unpaired) electrons. The quantitative estimate of drug-likeness (QED) is 0.576. The molecule has 2 aliphatic heterocycles. The SMILES string of the molecule is C[C@H]1N=C(c2ccc(I)cc2)[C@@H]2[C@@H](c3ccccc3)N21. The number of nitrogens with zero attached hydrogens (tertiary/aromatic N) is 2. The van der Waals surface area contributed by atoms with Crippen molar-refractivity contribution in [3.8, 4) is 0 Å². The van der Waals surface area contributed by atoms with Crippen molar-refractivity contribution >= 4 is 28.3 Å². The van der Waals surface area contributed by atoms with Crippen molar-refractivity contribution in [3.63, 3.8) is 0 Å². The van der Waals surface area contributed by atoms with Crippen molar-refractivity contribution in [2.75, 3.05) is 0 Å². The van der Waals surface area contributed by atoms with E-state index in [0.29, 0.717) is 18.2 Å². The van der Waals surface area contributed by atoms with Crippen molar-refractivity contribution < 1.29 is 0 Å². The molecule has 0 amide bonds. The summed E-state index contributed by atoms with van der Waals surface area (Å²) < 4.78 is 1.27. The molecular formula is C17H15IN2. The second-order valence-corrected chi connectivity index (χ2v) is 6.65. The van der Waals surface area contributed by atoms with E-state index >= 15 is 0 Å². The molecule has 4 rings (SSSR count). The average molecular weight is 374 g/mol. The topological polar surface area (TPSA) is 15.4 Å². The van der Waals surface area contributed by atoms with Gasteiger partial charge in [-0.05, 0) is 52.8 Å². The zero-order chi connectivity index (χ0) is 13.7. The third-order valence-electron chi connectivity index (χ3n) is 4.17. The zero-order valence-corrected chi connectivity index (χ0v) is 13.4. The molecular weight excluding hydrogens is 359 g/mol. The highest BCUT2D eigenvalue weighted by molar-refractivity contribution is 14.1. The fraction of sp³-hybridized carbons (Fsp3) is 0.235. The van der Waals surface area contributed by atoms with Crippen LogP contribution in [0.2, 0.25) is 0 Å². The van der Waals surface area contributed by atoms with E-state index in [2.05, 4.69) is 89.0 Å². The highest BCUT2D eigenvalue weighted by atomic mass is 127. The third kappa shape index (κ3) is 1.91. The number of aliphatic imine (C=N–C) groups is 1. The van der Waals surface area contributed by atoms with Gasteiger partial charge in [-0.15, -0.1) is 0 Å². The van der Waals surface area contributed by atoms with Gasteiger partial charge in [0, 0.05) is 3.57 Å². The Labute approximate surface area is 132 Å². The second kappa shape index (κ2) is 4.67. The second-order valence-electron chi connectivity index (χ2n) is 5.40. The van der Waals surface area contributed by atoms with Crippen molar-refractivity contribution in [2.24, 2.45) is 4.99 Å². The van der Waals surface area contributed by atoms with Crippen LogP contribution in [0.15, 0.2) is 59.6 Å². The Balaban J connectivity index is 1.67. The molecule has 2 aromatic carbocycles. The van der Waals surface area contributed by atoms with E-state index in [0.717, 1.165) is 0 Å². The van der Waals surface area contributed by atoms with Crippen LogP contribution in [0.25, 0.3) is 0 Å². The lowest BCUT2D eigenvalue weighted by Crippen LogP contribution is -2.09. The number of fused-ring (bicyclic) bond motifs is 1. The van der Waals surface area contributed by atoms with Gasteiger partial charge >= 0.3 is 0 Å². The first-order chi connectivity index (χ1) is 9.75. The molecule has 2 aromatic rings. The third-order valence-corrected chi connectivity index (χ3v) is 4.89. The van der Waals surface area contributed by atoms with Gasteiger partial charge < -0.3 is 0 Å². The van der Waals surface area contributed by atoms with Gasteiger partial charge in [0.1, 0.15) is 6.17 Å². The number of hydrogen-bond donors (Lipinski definition) is 0. The molecule has 20 heavy (non-hydrogen) atoms. The first kappa shape index (κ1) is 12.5. The Kier molecular flexibility index (Phi) is 2.93. The minimum Gasteiger partial charge on any atom is -0.269 e. The lowest BCUT2D eigenvalue weighted by atomic mass is 10.0. The van der Waals surface area contributed by atoms with Gasteiger partial charge in [0.2, 0.25) is 0 Å². The van der Waals surface area contributed by atoms with E-state index in [9.17, 15) is 0 Å². The number of benzene rings is 2. The van der Waals surface area contributed by atoms with E-state index < -0.39 is 0 Å². The maximum atomic E-state index is 4.84. The normalized spacial score (nSPS) is 30.8. The predicted octanol–water partition coefficient (Wildman–Crippen LogP) is 3.87. The van der Waals surface area contributed by atoms with Crippen LogP contribution in [0, 0.1) is 3.57 Å². The van der Waals surface area contributed by atoms with Crippen molar-refractivity contribution in [1.82, 2.24) is 4.90 Å². The highest BCUT2D eigenvalue weighted by Gasteiger charge is 2.57. The summed E-state index contributed by atoms with van der Waals surface area (Å²) in [6, 6.07) is 20.4. The summed E-state index contributed by atoms with van der Waals surface area (Å²) in [4.78, 5) is 7.32. The summed E-state index contributed by atoms with van der Waals surface area (Å²) in [5.41, 5.74) is 3.92. The van der Waals surface area contributed by atoms with Crippen LogP contribution in [0.3, 0.4) is 0 Å². The van der Waals surface area contributed by atoms with Crippen molar-refractivity contribution in [2.45, 2.75) is 25.2 Å². The molecule has 3 heteroatoms. The first-order valence-electron chi connectivity index (χ1n) is 6.92. The molecule has 0 saturated carbocycles. The molecule has 0 spiro atoms. The van der Waals surface area contributed by atoms with Gasteiger partial charge in [-0.3, -0.25) is 9.89 Å². The average Bonchev–Trinajstić information content (AvgIpc) is 3.13. The van der Waals surface area contributed by atoms with Crippen LogP contribution in [-0.2, 0) is 0 Å². The fourth-order valence-corrected chi connectivity index (χ4v) is 3.58. The molecule has 1 unspecified atom stereocenters. The molecule has 1 saturated heterocycles. The van der Waals surface area contributed by atoms with Gasteiger partial charge in [0.25, 0.3) is 0 Å². The Morgan fingerprint density at radius 2 is 1.65 bits per heavy atom. The molecule has 1 fully saturated rings. The largest absolute Gasteiger partial charge is 0.269 e. The summed E-state index contributed by atoms with van der Waals surface area (Å²) in [6.07, 6.45) is 0.291. The van der Waals surface area contributed by atoms with E-state index in [4.69, 9.17) is 4.99 Å². The molecule has 0 aromatic heterocycles. The first-order valence-corrected chi connectivity index (χ1v) is 7.99. The van der Waals surface area contributed by atoms with Gasteiger partial charge in [0.05, 0.1) is 17.8 Å². The molecule has 0 N–H and O–H groups in total. The van der Waals surface area contributed by atoms with Crippen molar-refractivity contribution in [1.29, 1.82) is 0 Å². The van der Waals surface area contributed by atoms with E-state index in [1.165, 1.54) is 20.4 Å². The Bertz CT molecular complexity index is 663. The lowest BCUT2D eigenvalue weighted by Gasteiger charge is -2.09. The minimum atomic E-state index is 0.291. The Morgan fingerprint density at radius 1 is 0.950 bits per heavy atom. The summed E-state index contributed by atoms with van der Waals surface area (Å²) in [6.45, 7) is 2.19. The summed E-state index contributed by atoms with van der Waals surface area (Å²) in [5, 5.41) is 0. The smallest absolute Gasteiger partial charge is 0.101 e.